The summed E-state index contributed by atoms with van der Waals surface area (Å²) in [5.41, 5.74) is 8.72. The molecule has 2 atom stereocenters. The number of rotatable bonds is 2. The van der Waals surface area contributed by atoms with Gasteiger partial charge in [-0.3, -0.25) is 0 Å². The Kier molecular flexibility index (Phi) is 2.71. The third-order valence-corrected chi connectivity index (χ3v) is 4.25. The molecule has 3 heteroatoms. The summed E-state index contributed by atoms with van der Waals surface area (Å²) in [4.78, 5) is 2.55. The second-order valence-corrected chi connectivity index (χ2v) is 5.10. The van der Waals surface area contributed by atoms with Crippen LogP contribution in [0.3, 0.4) is 0 Å². The molecule has 0 aliphatic carbocycles. The number of fused-ring (bicyclic) bond motifs is 3. The summed E-state index contributed by atoms with van der Waals surface area (Å²) in [6.45, 7) is 1.99. The Balaban J connectivity index is 1.93. The highest BCUT2D eigenvalue weighted by atomic mass is 16.5. The molecule has 1 saturated heterocycles. The van der Waals surface area contributed by atoms with Crippen molar-refractivity contribution in [2.45, 2.75) is 25.3 Å². The van der Waals surface area contributed by atoms with Crippen molar-refractivity contribution in [1.82, 2.24) is 0 Å². The van der Waals surface area contributed by atoms with E-state index in [1.807, 2.05) is 0 Å². The zero-order valence-electron chi connectivity index (χ0n) is 10.4. The lowest BCUT2D eigenvalue weighted by Crippen LogP contribution is -2.45. The number of ether oxygens (including phenoxy) is 1. The lowest BCUT2D eigenvalue weighted by molar-refractivity contribution is 0.339. The Labute approximate surface area is 103 Å². The van der Waals surface area contributed by atoms with Crippen LogP contribution in [0.2, 0.25) is 0 Å². The van der Waals surface area contributed by atoms with E-state index in [9.17, 15) is 0 Å². The Morgan fingerprint density at radius 3 is 3.12 bits per heavy atom. The smallest absolute Gasteiger partial charge is 0.119 e. The summed E-state index contributed by atoms with van der Waals surface area (Å²) in [5, 5.41) is 0. The third kappa shape index (κ3) is 1.69. The van der Waals surface area contributed by atoms with Crippen LogP contribution in [0.15, 0.2) is 18.2 Å². The molecule has 0 amide bonds. The molecular formula is C14H20N2O. The summed E-state index contributed by atoms with van der Waals surface area (Å²) in [5.74, 6) is 1.62. The van der Waals surface area contributed by atoms with E-state index in [1.54, 1.807) is 7.11 Å². The largest absolute Gasteiger partial charge is 0.497 e. The van der Waals surface area contributed by atoms with Crippen molar-refractivity contribution in [3.8, 4) is 5.75 Å². The van der Waals surface area contributed by atoms with E-state index in [0.29, 0.717) is 12.0 Å². The van der Waals surface area contributed by atoms with Gasteiger partial charge in [-0.15, -0.1) is 0 Å². The van der Waals surface area contributed by atoms with Crippen molar-refractivity contribution >= 4 is 5.69 Å². The molecule has 1 aromatic rings. The number of methoxy groups -OCH3 is 1. The first kappa shape index (κ1) is 10.9. The van der Waals surface area contributed by atoms with Gasteiger partial charge in [0, 0.05) is 18.3 Å². The van der Waals surface area contributed by atoms with Gasteiger partial charge >= 0.3 is 0 Å². The van der Waals surface area contributed by atoms with Gasteiger partial charge in [0.2, 0.25) is 0 Å². The van der Waals surface area contributed by atoms with Crippen LogP contribution in [-0.2, 0) is 6.42 Å². The van der Waals surface area contributed by atoms with Gasteiger partial charge in [-0.1, -0.05) is 0 Å². The van der Waals surface area contributed by atoms with Crippen LogP contribution in [0.25, 0.3) is 0 Å². The number of piperidine rings is 1. The highest BCUT2D eigenvalue weighted by molar-refractivity contribution is 5.62. The SMILES string of the molecule is COc1ccc2c(c1)CC1C(CN)CCCN21. The number of hydrogen-bond donors (Lipinski definition) is 1. The Bertz CT molecular complexity index is 419. The molecule has 2 heterocycles. The fourth-order valence-corrected chi connectivity index (χ4v) is 3.35. The van der Waals surface area contributed by atoms with Gasteiger partial charge in [-0.2, -0.15) is 0 Å². The standard InChI is InChI=1S/C14H20N2O/c1-17-12-4-5-13-11(7-12)8-14-10(9-15)3-2-6-16(13)14/h4-5,7,10,14H,2-3,6,8-9,15H2,1H3. The van der Waals surface area contributed by atoms with Crippen molar-refractivity contribution in [2.24, 2.45) is 11.7 Å². The molecule has 0 saturated carbocycles. The molecule has 0 spiro atoms. The lowest BCUT2D eigenvalue weighted by atomic mass is 9.88. The zero-order valence-corrected chi connectivity index (χ0v) is 10.4. The van der Waals surface area contributed by atoms with E-state index < -0.39 is 0 Å². The molecule has 2 aliphatic heterocycles. The summed E-state index contributed by atoms with van der Waals surface area (Å²) in [6.07, 6.45) is 3.68. The van der Waals surface area contributed by atoms with Gasteiger partial charge in [0.05, 0.1) is 7.11 Å². The first-order valence-electron chi connectivity index (χ1n) is 6.47. The van der Waals surface area contributed by atoms with Crippen molar-refractivity contribution < 1.29 is 4.74 Å². The van der Waals surface area contributed by atoms with Crippen molar-refractivity contribution in [2.75, 3.05) is 25.1 Å². The highest BCUT2D eigenvalue weighted by Crippen LogP contribution is 2.40. The predicted octanol–water partition coefficient (Wildman–Crippen LogP) is 1.79. The minimum Gasteiger partial charge on any atom is -0.497 e. The zero-order chi connectivity index (χ0) is 11.8. The summed E-state index contributed by atoms with van der Waals surface area (Å²) in [6, 6.07) is 7.07. The molecule has 92 valence electrons. The van der Waals surface area contributed by atoms with Crippen LogP contribution in [0, 0.1) is 5.92 Å². The monoisotopic (exact) mass is 232 g/mol. The van der Waals surface area contributed by atoms with Gasteiger partial charge in [-0.25, -0.2) is 0 Å². The number of anilines is 1. The van der Waals surface area contributed by atoms with Crippen LogP contribution < -0.4 is 15.4 Å². The first-order valence-corrected chi connectivity index (χ1v) is 6.47. The van der Waals surface area contributed by atoms with Crippen LogP contribution in [0.5, 0.6) is 5.75 Å². The van der Waals surface area contributed by atoms with Gasteiger partial charge in [-0.05, 0) is 55.5 Å². The first-order chi connectivity index (χ1) is 8.33. The molecule has 0 radical (unpaired) electrons. The van der Waals surface area contributed by atoms with E-state index in [2.05, 4.69) is 23.1 Å². The molecule has 17 heavy (non-hydrogen) atoms. The predicted molar refractivity (Wildman–Crippen MR) is 69.6 cm³/mol. The molecule has 3 nitrogen and oxygen atoms in total. The average molecular weight is 232 g/mol. The van der Waals surface area contributed by atoms with Crippen LogP contribution >= 0.6 is 0 Å². The van der Waals surface area contributed by atoms with Gasteiger partial charge in [0.1, 0.15) is 5.75 Å². The Morgan fingerprint density at radius 1 is 1.47 bits per heavy atom. The normalized spacial score (nSPS) is 26.6. The van der Waals surface area contributed by atoms with E-state index in [1.165, 1.54) is 30.6 Å². The maximum atomic E-state index is 5.90. The quantitative estimate of drug-likeness (QED) is 0.845. The molecule has 0 bridgehead atoms. The second kappa shape index (κ2) is 4.22. The van der Waals surface area contributed by atoms with E-state index in [0.717, 1.165) is 18.7 Å². The number of benzene rings is 1. The van der Waals surface area contributed by atoms with Crippen molar-refractivity contribution in [3.63, 3.8) is 0 Å². The van der Waals surface area contributed by atoms with Gasteiger partial charge in [0.25, 0.3) is 0 Å². The van der Waals surface area contributed by atoms with Gasteiger partial charge in [0.15, 0.2) is 0 Å². The number of nitrogens with two attached hydrogens (primary N) is 1. The topological polar surface area (TPSA) is 38.5 Å². The van der Waals surface area contributed by atoms with E-state index in [-0.39, 0.29) is 0 Å². The van der Waals surface area contributed by atoms with Crippen LogP contribution in [0.4, 0.5) is 5.69 Å². The minimum atomic E-state index is 0.621. The van der Waals surface area contributed by atoms with Crippen LogP contribution in [0.1, 0.15) is 18.4 Å². The van der Waals surface area contributed by atoms with Crippen molar-refractivity contribution in [1.29, 1.82) is 0 Å². The minimum absolute atomic E-state index is 0.621. The maximum Gasteiger partial charge on any atom is 0.119 e. The molecule has 1 fully saturated rings. The molecule has 2 unspecified atom stereocenters. The molecule has 3 rings (SSSR count). The highest BCUT2D eigenvalue weighted by Gasteiger charge is 2.36. The average Bonchev–Trinajstić information content (AvgIpc) is 2.75. The van der Waals surface area contributed by atoms with Crippen LogP contribution in [-0.4, -0.2) is 26.2 Å². The Hall–Kier alpha value is -1.22. The summed E-state index contributed by atoms with van der Waals surface area (Å²) < 4.78 is 5.30. The molecule has 1 aromatic carbocycles. The number of nitrogens with zero attached hydrogens (tertiary/aromatic N) is 1. The van der Waals surface area contributed by atoms with Gasteiger partial charge < -0.3 is 15.4 Å². The third-order valence-electron chi connectivity index (χ3n) is 4.25. The second-order valence-electron chi connectivity index (χ2n) is 5.10. The van der Waals surface area contributed by atoms with Crippen molar-refractivity contribution in [3.05, 3.63) is 23.8 Å². The summed E-state index contributed by atoms with van der Waals surface area (Å²) >= 11 is 0. The van der Waals surface area contributed by atoms with E-state index in [4.69, 9.17) is 10.5 Å². The molecule has 0 aromatic heterocycles. The fraction of sp³-hybridized carbons (Fsp3) is 0.571. The fourth-order valence-electron chi connectivity index (χ4n) is 3.35. The van der Waals surface area contributed by atoms with E-state index >= 15 is 0 Å². The summed E-state index contributed by atoms with van der Waals surface area (Å²) in [7, 11) is 1.73. The molecular weight excluding hydrogens is 212 g/mol. The lowest BCUT2D eigenvalue weighted by Gasteiger charge is -2.38. The Morgan fingerprint density at radius 2 is 2.35 bits per heavy atom. The maximum absolute atomic E-state index is 5.90. The number of hydrogen-bond acceptors (Lipinski definition) is 3. The molecule has 2 N–H and O–H groups in total. The molecule has 2 aliphatic rings.